The van der Waals surface area contributed by atoms with Gasteiger partial charge in [0.25, 0.3) is 5.69 Å². The van der Waals surface area contributed by atoms with Crippen molar-refractivity contribution in [2.45, 2.75) is 0 Å². The molecule has 0 aliphatic rings. The Morgan fingerprint density at radius 1 is 1.04 bits per heavy atom. The number of pyridine rings is 1. The van der Waals surface area contributed by atoms with Gasteiger partial charge in [-0.1, -0.05) is 30.3 Å². The summed E-state index contributed by atoms with van der Waals surface area (Å²) in [5, 5.41) is 11.7. The fourth-order valence-electron chi connectivity index (χ4n) is 2.49. The first-order valence-electron chi connectivity index (χ1n) is 6.91. The Balaban J connectivity index is 2.34. The topological polar surface area (TPSA) is 74.5 Å². The highest BCUT2D eigenvalue weighted by Crippen LogP contribution is 2.40. The van der Waals surface area contributed by atoms with E-state index in [0.717, 1.165) is 5.56 Å². The molecule has 1 heterocycles. The van der Waals surface area contributed by atoms with E-state index in [-0.39, 0.29) is 11.4 Å². The molecule has 0 saturated carbocycles. The lowest BCUT2D eigenvalue weighted by Crippen LogP contribution is -1.98. The number of nitro groups is 1. The first-order chi connectivity index (χ1) is 11.2. The number of fused-ring (bicyclic) bond motifs is 1. The zero-order chi connectivity index (χ0) is 16.4. The molecule has 0 unspecified atom stereocenters. The number of ether oxygens (including phenoxy) is 2. The van der Waals surface area contributed by atoms with Gasteiger partial charge in [-0.05, 0) is 12.1 Å². The van der Waals surface area contributed by atoms with Crippen LogP contribution in [0.4, 0.5) is 5.69 Å². The van der Waals surface area contributed by atoms with Gasteiger partial charge in [-0.2, -0.15) is 0 Å². The Hall–Kier alpha value is -3.15. The van der Waals surface area contributed by atoms with Gasteiger partial charge >= 0.3 is 0 Å². The molecule has 6 nitrogen and oxygen atoms in total. The maximum absolute atomic E-state index is 11.3. The second kappa shape index (κ2) is 5.92. The summed E-state index contributed by atoms with van der Waals surface area (Å²) >= 11 is 0. The molecule has 23 heavy (non-hydrogen) atoms. The van der Waals surface area contributed by atoms with Gasteiger partial charge < -0.3 is 9.47 Å². The Labute approximate surface area is 132 Å². The van der Waals surface area contributed by atoms with Crippen LogP contribution in [0.3, 0.4) is 0 Å². The van der Waals surface area contributed by atoms with Gasteiger partial charge in [-0.15, -0.1) is 0 Å². The van der Waals surface area contributed by atoms with Gasteiger partial charge in [0.2, 0.25) is 0 Å². The molecule has 0 radical (unpaired) electrons. The van der Waals surface area contributed by atoms with Crippen molar-refractivity contribution in [1.29, 1.82) is 0 Å². The first-order valence-corrected chi connectivity index (χ1v) is 6.91. The van der Waals surface area contributed by atoms with E-state index in [1.54, 1.807) is 12.1 Å². The van der Waals surface area contributed by atoms with Gasteiger partial charge in [0, 0.05) is 5.56 Å². The highest BCUT2D eigenvalue weighted by molar-refractivity contribution is 5.96. The highest BCUT2D eigenvalue weighted by Gasteiger charge is 2.22. The number of benzene rings is 2. The monoisotopic (exact) mass is 310 g/mol. The lowest BCUT2D eigenvalue weighted by molar-refractivity contribution is -0.383. The maximum atomic E-state index is 11.3. The van der Waals surface area contributed by atoms with Crippen molar-refractivity contribution in [2.75, 3.05) is 14.2 Å². The summed E-state index contributed by atoms with van der Waals surface area (Å²) in [6.45, 7) is 0. The molecule has 0 fully saturated rings. The molecule has 116 valence electrons. The molecule has 3 rings (SSSR count). The Bertz CT molecular complexity index is 879. The van der Waals surface area contributed by atoms with Crippen molar-refractivity contribution >= 4 is 16.6 Å². The number of nitrogens with zero attached hydrogens (tertiary/aromatic N) is 2. The van der Waals surface area contributed by atoms with E-state index in [0.29, 0.717) is 22.3 Å². The third-order valence-electron chi connectivity index (χ3n) is 3.57. The molecular formula is C17H14N2O4. The second-order valence-electron chi connectivity index (χ2n) is 4.85. The van der Waals surface area contributed by atoms with Gasteiger partial charge in [0.1, 0.15) is 5.52 Å². The number of rotatable bonds is 4. The van der Waals surface area contributed by atoms with E-state index in [1.807, 2.05) is 30.3 Å². The Kier molecular flexibility index (Phi) is 3.80. The molecule has 0 aliphatic heterocycles. The van der Waals surface area contributed by atoms with Crippen molar-refractivity contribution in [1.82, 2.24) is 4.98 Å². The lowest BCUT2D eigenvalue weighted by atomic mass is 10.1. The number of methoxy groups -OCH3 is 2. The summed E-state index contributed by atoms with van der Waals surface area (Å²) in [6, 6.07) is 14.4. The van der Waals surface area contributed by atoms with E-state index < -0.39 is 4.92 Å². The van der Waals surface area contributed by atoms with E-state index in [1.165, 1.54) is 20.3 Å². The van der Waals surface area contributed by atoms with Gasteiger partial charge in [0.15, 0.2) is 11.5 Å². The molecule has 0 aliphatic carbocycles. The number of nitro benzene ring substituents is 1. The minimum Gasteiger partial charge on any atom is -0.493 e. The summed E-state index contributed by atoms with van der Waals surface area (Å²) in [6.07, 6.45) is 0. The average molecular weight is 310 g/mol. The quantitative estimate of drug-likeness (QED) is 0.541. The minimum absolute atomic E-state index is 0.0650. The van der Waals surface area contributed by atoms with Crippen LogP contribution >= 0.6 is 0 Å². The van der Waals surface area contributed by atoms with Crippen LogP contribution in [0.25, 0.3) is 22.2 Å². The zero-order valence-corrected chi connectivity index (χ0v) is 12.6. The van der Waals surface area contributed by atoms with Crippen LogP contribution in [-0.4, -0.2) is 24.1 Å². The van der Waals surface area contributed by atoms with Crippen molar-refractivity contribution in [3.63, 3.8) is 0 Å². The number of hydrogen-bond acceptors (Lipinski definition) is 5. The van der Waals surface area contributed by atoms with Crippen molar-refractivity contribution < 1.29 is 14.4 Å². The molecule has 2 aromatic carbocycles. The minimum atomic E-state index is -0.450. The van der Waals surface area contributed by atoms with Crippen LogP contribution in [-0.2, 0) is 0 Å². The zero-order valence-electron chi connectivity index (χ0n) is 12.6. The van der Waals surface area contributed by atoms with E-state index in [9.17, 15) is 10.1 Å². The normalized spacial score (nSPS) is 10.5. The standard InChI is InChI=1S/C17H14N2O4/c1-22-15-10-14(19(20)21)12-8-9-13(11-6-4-3-5-7-11)18-16(12)17(15)23-2/h3-10H,1-2H3. The van der Waals surface area contributed by atoms with E-state index >= 15 is 0 Å². The lowest BCUT2D eigenvalue weighted by Gasteiger charge is -2.11. The smallest absolute Gasteiger partial charge is 0.282 e. The predicted molar refractivity (Wildman–Crippen MR) is 86.9 cm³/mol. The SMILES string of the molecule is COc1cc([N+](=O)[O-])c2ccc(-c3ccccc3)nc2c1OC. The predicted octanol–water partition coefficient (Wildman–Crippen LogP) is 3.83. The first kappa shape index (κ1) is 14.8. The van der Waals surface area contributed by atoms with E-state index in [2.05, 4.69) is 4.98 Å². The van der Waals surface area contributed by atoms with Crippen LogP contribution in [0.5, 0.6) is 11.5 Å². The van der Waals surface area contributed by atoms with E-state index in [4.69, 9.17) is 9.47 Å². The van der Waals surface area contributed by atoms with Gasteiger partial charge in [-0.3, -0.25) is 10.1 Å². The maximum Gasteiger partial charge on any atom is 0.282 e. The van der Waals surface area contributed by atoms with Crippen LogP contribution < -0.4 is 9.47 Å². The number of hydrogen-bond donors (Lipinski definition) is 0. The number of non-ortho nitro benzene ring substituents is 1. The van der Waals surface area contributed by atoms with Crippen molar-refractivity contribution in [3.8, 4) is 22.8 Å². The molecule has 3 aromatic rings. The highest BCUT2D eigenvalue weighted by atomic mass is 16.6. The second-order valence-corrected chi connectivity index (χ2v) is 4.85. The summed E-state index contributed by atoms with van der Waals surface area (Å²) in [5.74, 6) is 0.662. The molecule has 0 saturated heterocycles. The van der Waals surface area contributed by atoms with Crippen LogP contribution in [0.1, 0.15) is 0 Å². The van der Waals surface area contributed by atoms with Gasteiger partial charge in [0.05, 0.1) is 36.3 Å². The molecular weight excluding hydrogens is 296 g/mol. The van der Waals surface area contributed by atoms with Crippen molar-refractivity contribution in [2.24, 2.45) is 0 Å². The summed E-state index contributed by atoms with van der Waals surface area (Å²) in [4.78, 5) is 15.4. The Morgan fingerprint density at radius 2 is 1.78 bits per heavy atom. The molecule has 0 spiro atoms. The average Bonchev–Trinajstić information content (AvgIpc) is 2.60. The molecule has 0 N–H and O–H groups in total. The van der Waals surface area contributed by atoms with Crippen LogP contribution in [0.2, 0.25) is 0 Å². The van der Waals surface area contributed by atoms with Crippen LogP contribution in [0, 0.1) is 10.1 Å². The summed E-state index contributed by atoms with van der Waals surface area (Å²) in [7, 11) is 2.93. The fourth-order valence-corrected chi connectivity index (χ4v) is 2.49. The molecule has 1 aromatic heterocycles. The summed E-state index contributed by atoms with van der Waals surface area (Å²) in [5.41, 5.74) is 1.96. The largest absolute Gasteiger partial charge is 0.493 e. The van der Waals surface area contributed by atoms with Gasteiger partial charge in [-0.25, -0.2) is 4.98 Å². The van der Waals surface area contributed by atoms with Crippen LogP contribution in [0.15, 0.2) is 48.5 Å². The molecule has 6 heteroatoms. The third kappa shape index (κ3) is 2.55. The molecule has 0 bridgehead atoms. The number of aromatic nitrogens is 1. The molecule has 0 amide bonds. The third-order valence-corrected chi connectivity index (χ3v) is 3.57. The van der Waals surface area contributed by atoms with Crippen molar-refractivity contribution in [3.05, 3.63) is 58.6 Å². The molecule has 0 atom stereocenters. The summed E-state index contributed by atoms with van der Waals surface area (Å²) < 4.78 is 10.6. The Morgan fingerprint density at radius 3 is 2.39 bits per heavy atom. The fraction of sp³-hybridized carbons (Fsp3) is 0.118.